The molecule has 1 aliphatic heterocycles. The average Bonchev–Trinajstić information content (AvgIpc) is 2.25. The van der Waals surface area contributed by atoms with E-state index in [-0.39, 0.29) is 6.61 Å². The SMILES string of the molecule is OCCCC#CC#CC1=CCNCC1. The second kappa shape index (κ2) is 7.21. The van der Waals surface area contributed by atoms with Crippen molar-refractivity contribution in [2.24, 2.45) is 0 Å². The molecule has 2 nitrogen and oxygen atoms in total. The number of rotatable bonds is 2. The molecular weight excluding hydrogens is 174 g/mol. The average molecular weight is 189 g/mol. The summed E-state index contributed by atoms with van der Waals surface area (Å²) in [5.41, 5.74) is 1.18. The number of aliphatic hydroxyl groups excluding tert-OH is 1. The van der Waals surface area contributed by atoms with Crippen LogP contribution < -0.4 is 5.32 Å². The molecule has 74 valence electrons. The second-order valence-corrected chi connectivity index (χ2v) is 3.06. The Morgan fingerprint density at radius 3 is 3.07 bits per heavy atom. The minimum absolute atomic E-state index is 0.207. The topological polar surface area (TPSA) is 32.3 Å². The van der Waals surface area contributed by atoms with Crippen LogP contribution in [0.1, 0.15) is 19.3 Å². The Bertz CT molecular complexity index is 309. The Kier molecular flexibility index (Phi) is 5.59. The quantitative estimate of drug-likeness (QED) is 0.494. The van der Waals surface area contributed by atoms with Crippen molar-refractivity contribution in [3.05, 3.63) is 11.6 Å². The lowest BCUT2D eigenvalue weighted by molar-refractivity contribution is 0.290. The van der Waals surface area contributed by atoms with Gasteiger partial charge in [0.1, 0.15) is 0 Å². The van der Waals surface area contributed by atoms with E-state index < -0.39 is 0 Å². The molecule has 1 rings (SSSR count). The predicted molar refractivity (Wildman–Crippen MR) is 57.4 cm³/mol. The molecule has 0 amide bonds. The molecule has 14 heavy (non-hydrogen) atoms. The van der Waals surface area contributed by atoms with Crippen LogP contribution in [0.25, 0.3) is 0 Å². The predicted octanol–water partition coefficient (Wildman–Crippen LogP) is 0.685. The third kappa shape index (κ3) is 4.72. The lowest BCUT2D eigenvalue weighted by Gasteiger charge is -2.07. The molecule has 0 fully saturated rings. The van der Waals surface area contributed by atoms with Crippen molar-refractivity contribution < 1.29 is 5.11 Å². The Hall–Kier alpha value is -1.22. The molecule has 2 N–H and O–H groups in total. The molecular formula is C12H15NO. The van der Waals surface area contributed by atoms with Gasteiger partial charge in [0.2, 0.25) is 0 Å². The van der Waals surface area contributed by atoms with E-state index in [0.29, 0.717) is 0 Å². The van der Waals surface area contributed by atoms with E-state index in [1.54, 1.807) is 0 Å². The first-order valence-corrected chi connectivity index (χ1v) is 4.93. The van der Waals surface area contributed by atoms with Crippen molar-refractivity contribution in [2.75, 3.05) is 19.7 Å². The standard InChI is InChI=1S/C12H15NO/c14-11-5-3-1-2-4-6-12-7-9-13-10-8-12/h7,13-14H,3,5,8-11H2. The van der Waals surface area contributed by atoms with Gasteiger partial charge in [-0.1, -0.05) is 17.9 Å². The van der Waals surface area contributed by atoms with Gasteiger partial charge in [0.25, 0.3) is 0 Å². The number of hydrogen-bond donors (Lipinski definition) is 2. The van der Waals surface area contributed by atoms with Crippen LogP contribution in [0.15, 0.2) is 11.6 Å². The smallest absolute Gasteiger partial charge is 0.0440 e. The fourth-order valence-corrected chi connectivity index (χ4v) is 1.12. The van der Waals surface area contributed by atoms with E-state index in [1.807, 2.05) is 0 Å². The molecule has 0 aromatic carbocycles. The summed E-state index contributed by atoms with van der Waals surface area (Å²) in [6, 6.07) is 0. The van der Waals surface area contributed by atoms with Gasteiger partial charge in [-0.05, 0) is 24.7 Å². The molecule has 0 unspecified atom stereocenters. The number of nitrogens with one attached hydrogen (secondary N) is 1. The number of aliphatic hydroxyl groups is 1. The van der Waals surface area contributed by atoms with Crippen molar-refractivity contribution in [3.63, 3.8) is 0 Å². The molecule has 0 spiro atoms. The molecule has 0 saturated carbocycles. The highest BCUT2D eigenvalue weighted by molar-refractivity contribution is 5.37. The van der Waals surface area contributed by atoms with Gasteiger partial charge in [0.05, 0.1) is 0 Å². The van der Waals surface area contributed by atoms with Gasteiger partial charge in [0.15, 0.2) is 0 Å². The van der Waals surface area contributed by atoms with Crippen molar-refractivity contribution in [3.8, 4) is 23.7 Å². The molecule has 1 heterocycles. The van der Waals surface area contributed by atoms with Gasteiger partial charge < -0.3 is 10.4 Å². The van der Waals surface area contributed by atoms with E-state index in [0.717, 1.165) is 32.4 Å². The first-order valence-electron chi connectivity index (χ1n) is 4.93. The maximum atomic E-state index is 8.51. The number of unbranched alkanes of at least 4 members (excludes halogenated alkanes) is 1. The summed E-state index contributed by atoms with van der Waals surface area (Å²) in [7, 11) is 0. The summed E-state index contributed by atoms with van der Waals surface area (Å²) < 4.78 is 0. The molecule has 0 aromatic heterocycles. The van der Waals surface area contributed by atoms with Gasteiger partial charge in [-0.25, -0.2) is 0 Å². The molecule has 0 bridgehead atoms. The largest absolute Gasteiger partial charge is 0.396 e. The summed E-state index contributed by atoms with van der Waals surface area (Å²) in [6.07, 6.45) is 4.57. The molecule has 0 saturated heterocycles. The van der Waals surface area contributed by atoms with E-state index in [9.17, 15) is 0 Å². The molecule has 0 radical (unpaired) electrons. The van der Waals surface area contributed by atoms with Crippen molar-refractivity contribution in [1.82, 2.24) is 5.32 Å². The molecule has 2 heteroatoms. The van der Waals surface area contributed by atoms with Crippen molar-refractivity contribution in [2.45, 2.75) is 19.3 Å². The van der Waals surface area contributed by atoms with E-state index in [4.69, 9.17) is 5.11 Å². The molecule has 0 atom stereocenters. The van der Waals surface area contributed by atoms with Crippen molar-refractivity contribution in [1.29, 1.82) is 0 Å². The third-order valence-corrected chi connectivity index (χ3v) is 1.90. The maximum absolute atomic E-state index is 8.51. The second-order valence-electron chi connectivity index (χ2n) is 3.06. The highest BCUT2D eigenvalue weighted by atomic mass is 16.2. The first kappa shape index (κ1) is 10.9. The first-order chi connectivity index (χ1) is 6.93. The summed E-state index contributed by atoms with van der Waals surface area (Å²) in [4.78, 5) is 0. The molecule has 0 aliphatic carbocycles. The van der Waals surface area contributed by atoms with E-state index in [2.05, 4.69) is 35.1 Å². The maximum Gasteiger partial charge on any atom is 0.0440 e. The fourth-order valence-electron chi connectivity index (χ4n) is 1.12. The Balaban J connectivity index is 2.30. The minimum atomic E-state index is 0.207. The van der Waals surface area contributed by atoms with Crippen LogP contribution in [0.2, 0.25) is 0 Å². The van der Waals surface area contributed by atoms with Gasteiger partial charge in [-0.3, -0.25) is 0 Å². The highest BCUT2D eigenvalue weighted by Gasteiger charge is 1.97. The van der Waals surface area contributed by atoms with E-state index in [1.165, 1.54) is 5.57 Å². The van der Waals surface area contributed by atoms with Crippen LogP contribution in [-0.2, 0) is 0 Å². The normalized spacial score (nSPS) is 14.5. The zero-order valence-electron chi connectivity index (χ0n) is 8.27. The highest BCUT2D eigenvalue weighted by Crippen LogP contribution is 2.00. The lowest BCUT2D eigenvalue weighted by Crippen LogP contribution is -2.19. The summed E-state index contributed by atoms with van der Waals surface area (Å²) in [6.45, 7) is 2.14. The van der Waals surface area contributed by atoms with Crippen LogP contribution in [0.4, 0.5) is 0 Å². The van der Waals surface area contributed by atoms with Crippen molar-refractivity contribution >= 4 is 0 Å². The monoisotopic (exact) mass is 189 g/mol. The fraction of sp³-hybridized carbons (Fsp3) is 0.500. The van der Waals surface area contributed by atoms with Crippen LogP contribution in [-0.4, -0.2) is 24.8 Å². The van der Waals surface area contributed by atoms with Crippen LogP contribution in [0.5, 0.6) is 0 Å². The van der Waals surface area contributed by atoms with Crippen LogP contribution >= 0.6 is 0 Å². The molecule has 1 aliphatic rings. The summed E-state index contributed by atoms with van der Waals surface area (Å²) in [5.74, 6) is 11.5. The van der Waals surface area contributed by atoms with E-state index >= 15 is 0 Å². The summed E-state index contributed by atoms with van der Waals surface area (Å²) >= 11 is 0. The number of hydrogen-bond acceptors (Lipinski definition) is 2. The third-order valence-electron chi connectivity index (χ3n) is 1.90. The van der Waals surface area contributed by atoms with Crippen LogP contribution in [0, 0.1) is 23.7 Å². The van der Waals surface area contributed by atoms with Gasteiger partial charge in [-0.2, -0.15) is 0 Å². The Morgan fingerprint density at radius 1 is 1.43 bits per heavy atom. The Labute approximate surface area is 85.4 Å². The lowest BCUT2D eigenvalue weighted by atomic mass is 10.1. The Morgan fingerprint density at radius 2 is 2.36 bits per heavy atom. The van der Waals surface area contributed by atoms with Gasteiger partial charge >= 0.3 is 0 Å². The minimum Gasteiger partial charge on any atom is -0.396 e. The summed E-state index contributed by atoms with van der Waals surface area (Å²) in [5, 5.41) is 11.7. The molecule has 0 aromatic rings. The zero-order valence-corrected chi connectivity index (χ0v) is 8.27. The van der Waals surface area contributed by atoms with Gasteiger partial charge in [0, 0.05) is 31.7 Å². The van der Waals surface area contributed by atoms with Crippen LogP contribution in [0.3, 0.4) is 0 Å². The zero-order chi connectivity index (χ0) is 10.1. The van der Waals surface area contributed by atoms with Gasteiger partial charge in [-0.15, -0.1) is 0 Å².